The SMILES string of the molecule is CN(Cc1cc(F)ccc1Br)C(=O)CCl. The smallest absolute Gasteiger partial charge is 0.237 e. The van der Waals surface area contributed by atoms with E-state index in [-0.39, 0.29) is 17.6 Å². The molecule has 0 fully saturated rings. The fourth-order valence-corrected chi connectivity index (χ4v) is 1.69. The van der Waals surface area contributed by atoms with Crippen LogP contribution >= 0.6 is 27.5 Å². The third-order valence-corrected chi connectivity index (χ3v) is 2.96. The van der Waals surface area contributed by atoms with Crippen LogP contribution in [0.4, 0.5) is 4.39 Å². The van der Waals surface area contributed by atoms with Crippen LogP contribution in [0.25, 0.3) is 0 Å². The van der Waals surface area contributed by atoms with Gasteiger partial charge in [0.05, 0.1) is 0 Å². The molecule has 2 nitrogen and oxygen atoms in total. The Labute approximate surface area is 101 Å². The van der Waals surface area contributed by atoms with Crippen LogP contribution in [0.1, 0.15) is 5.56 Å². The summed E-state index contributed by atoms with van der Waals surface area (Å²) < 4.78 is 13.7. The van der Waals surface area contributed by atoms with E-state index in [1.54, 1.807) is 13.1 Å². The number of alkyl halides is 1. The number of rotatable bonds is 3. The van der Waals surface area contributed by atoms with E-state index in [9.17, 15) is 9.18 Å². The van der Waals surface area contributed by atoms with Gasteiger partial charge in [0.15, 0.2) is 0 Å². The number of halogens is 3. The molecule has 5 heteroatoms. The van der Waals surface area contributed by atoms with Crippen LogP contribution in [-0.2, 0) is 11.3 Å². The van der Waals surface area contributed by atoms with Crippen LogP contribution < -0.4 is 0 Å². The van der Waals surface area contributed by atoms with Crippen molar-refractivity contribution < 1.29 is 9.18 Å². The Morgan fingerprint density at radius 2 is 2.27 bits per heavy atom. The Balaban J connectivity index is 2.80. The highest BCUT2D eigenvalue weighted by molar-refractivity contribution is 9.10. The van der Waals surface area contributed by atoms with E-state index in [2.05, 4.69) is 15.9 Å². The van der Waals surface area contributed by atoms with E-state index in [1.165, 1.54) is 17.0 Å². The van der Waals surface area contributed by atoms with Gasteiger partial charge in [-0.1, -0.05) is 15.9 Å². The van der Waals surface area contributed by atoms with Crippen molar-refractivity contribution in [3.8, 4) is 0 Å². The largest absolute Gasteiger partial charge is 0.340 e. The van der Waals surface area contributed by atoms with Crippen molar-refractivity contribution in [3.63, 3.8) is 0 Å². The number of carbonyl (C=O) groups excluding carboxylic acids is 1. The summed E-state index contributed by atoms with van der Waals surface area (Å²) in [7, 11) is 1.63. The number of carbonyl (C=O) groups is 1. The second-order valence-electron chi connectivity index (χ2n) is 3.12. The topological polar surface area (TPSA) is 20.3 Å². The first kappa shape index (κ1) is 12.5. The summed E-state index contributed by atoms with van der Waals surface area (Å²) in [4.78, 5) is 12.6. The van der Waals surface area contributed by atoms with Crippen molar-refractivity contribution in [1.82, 2.24) is 4.90 Å². The quantitative estimate of drug-likeness (QED) is 0.785. The molecule has 0 aromatic heterocycles. The molecule has 0 saturated heterocycles. The lowest BCUT2D eigenvalue weighted by Crippen LogP contribution is -2.27. The lowest BCUT2D eigenvalue weighted by molar-refractivity contribution is -0.127. The minimum atomic E-state index is -0.320. The molecular formula is C10H10BrClFNO. The van der Waals surface area contributed by atoms with Crippen LogP contribution in [0.5, 0.6) is 0 Å². The maximum Gasteiger partial charge on any atom is 0.237 e. The molecule has 15 heavy (non-hydrogen) atoms. The number of amides is 1. The fraction of sp³-hybridized carbons (Fsp3) is 0.300. The van der Waals surface area contributed by atoms with Gasteiger partial charge < -0.3 is 4.90 Å². The highest BCUT2D eigenvalue weighted by Gasteiger charge is 2.10. The van der Waals surface area contributed by atoms with Crippen LogP contribution in [0, 0.1) is 5.82 Å². The second kappa shape index (κ2) is 5.47. The van der Waals surface area contributed by atoms with Crippen molar-refractivity contribution >= 4 is 33.4 Å². The van der Waals surface area contributed by atoms with Crippen LogP contribution in [-0.4, -0.2) is 23.7 Å². The Kier molecular flexibility index (Phi) is 4.54. The standard InChI is InChI=1S/C10H10BrClFNO/c1-14(10(15)5-12)6-7-4-8(13)2-3-9(7)11/h2-4H,5-6H2,1H3. The van der Waals surface area contributed by atoms with Gasteiger partial charge >= 0.3 is 0 Å². The third kappa shape index (κ3) is 3.47. The van der Waals surface area contributed by atoms with Gasteiger partial charge in [0.2, 0.25) is 5.91 Å². The summed E-state index contributed by atoms with van der Waals surface area (Å²) in [5, 5.41) is 0. The molecule has 0 radical (unpaired) electrons. The van der Waals surface area contributed by atoms with Gasteiger partial charge in [0, 0.05) is 18.1 Å². The predicted molar refractivity (Wildman–Crippen MR) is 61.3 cm³/mol. The van der Waals surface area contributed by atoms with Gasteiger partial charge in [-0.25, -0.2) is 4.39 Å². The van der Waals surface area contributed by atoms with E-state index in [0.717, 1.165) is 10.0 Å². The maximum absolute atomic E-state index is 12.9. The van der Waals surface area contributed by atoms with Crippen molar-refractivity contribution in [1.29, 1.82) is 0 Å². The first-order valence-corrected chi connectivity index (χ1v) is 5.61. The number of hydrogen-bond donors (Lipinski definition) is 0. The summed E-state index contributed by atoms with van der Waals surface area (Å²) in [5.74, 6) is -0.573. The Hall–Kier alpha value is -0.610. The van der Waals surface area contributed by atoms with Crippen molar-refractivity contribution in [2.45, 2.75) is 6.54 Å². The van der Waals surface area contributed by atoms with Gasteiger partial charge in [-0.15, -0.1) is 11.6 Å². The maximum atomic E-state index is 12.9. The molecular weight excluding hydrogens is 284 g/mol. The third-order valence-electron chi connectivity index (χ3n) is 1.96. The predicted octanol–water partition coefficient (Wildman–Crippen LogP) is 2.79. The molecule has 1 aromatic rings. The molecule has 0 saturated carbocycles. The normalized spacial score (nSPS) is 10.1. The molecule has 1 rings (SSSR count). The highest BCUT2D eigenvalue weighted by atomic mass is 79.9. The molecule has 0 N–H and O–H groups in total. The highest BCUT2D eigenvalue weighted by Crippen LogP contribution is 2.19. The fourth-order valence-electron chi connectivity index (χ4n) is 1.11. The van der Waals surface area contributed by atoms with Crippen molar-refractivity contribution in [2.75, 3.05) is 12.9 Å². The van der Waals surface area contributed by atoms with Gasteiger partial charge in [-0.2, -0.15) is 0 Å². The van der Waals surface area contributed by atoms with E-state index in [4.69, 9.17) is 11.6 Å². The average Bonchev–Trinajstić information content (AvgIpc) is 2.22. The molecule has 0 spiro atoms. The zero-order valence-corrected chi connectivity index (χ0v) is 10.5. The number of benzene rings is 1. The van der Waals surface area contributed by atoms with Gasteiger partial charge in [-0.3, -0.25) is 4.79 Å². The van der Waals surface area contributed by atoms with E-state index >= 15 is 0 Å². The Morgan fingerprint density at radius 1 is 1.60 bits per heavy atom. The zero-order chi connectivity index (χ0) is 11.4. The van der Waals surface area contributed by atoms with Crippen LogP contribution in [0.2, 0.25) is 0 Å². The molecule has 0 heterocycles. The lowest BCUT2D eigenvalue weighted by Gasteiger charge is -2.16. The van der Waals surface area contributed by atoms with Crippen molar-refractivity contribution in [3.05, 3.63) is 34.1 Å². The Bertz CT molecular complexity index is 372. The van der Waals surface area contributed by atoms with Gasteiger partial charge in [0.1, 0.15) is 11.7 Å². The van der Waals surface area contributed by atoms with Gasteiger partial charge in [0.25, 0.3) is 0 Å². The monoisotopic (exact) mass is 293 g/mol. The summed E-state index contributed by atoms with van der Waals surface area (Å²) >= 11 is 8.70. The molecule has 82 valence electrons. The minimum Gasteiger partial charge on any atom is -0.340 e. The van der Waals surface area contributed by atoms with Crippen molar-refractivity contribution in [2.24, 2.45) is 0 Å². The average molecular weight is 295 g/mol. The number of nitrogens with zero attached hydrogens (tertiary/aromatic N) is 1. The summed E-state index contributed by atoms with van der Waals surface area (Å²) in [6, 6.07) is 4.36. The first-order chi connectivity index (χ1) is 7.04. The molecule has 0 unspecified atom stereocenters. The lowest BCUT2D eigenvalue weighted by atomic mass is 10.2. The van der Waals surface area contributed by atoms with Gasteiger partial charge in [-0.05, 0) is 23.8 Å². The zero-order valence-electron chi connectivity index (χ0n) is 8.14. The summed E-state index contributed by atoms with van der Waals surface area (Å²) in [6.45, 7) is 0.337. The van der Waals surface area contributed by atoms with Crippen LogP contribution in [0.15, 0.2) is 22.7 Å². The van der Waals surface area contributed by atoms with E-state index < -0.39 is 0 Å². The number of hydrogen-bond acceptors (Lipinski definition) is 1. The molecule has 0 aliphatic heterocycles. The second-order valence-corrected chi connectivity index (χ2v) is 4.24. The molecule has 0 bridgehead atoms. The molecule has 0 aliphatic rings. The Morgan fingerprint density at radius 3 is 2.87 bits per heavy atom. The molecule has 0 aliphatic carbocycles. The molecule has 1 aromatic carbocycles. The first-order valence-electron chi connectivity index (χ1n) is 4.28. The van der Waals surface area contributed by atoms with Crippen LogP contribution in [0.3, 0.4) is 0 Å². The minimum absolute atomic E-state index is 0.0660. The van der Waals surface area contributed by atoms with E-state index in [0.29, 0.717) is 6.54 Å². The molecule has 0 atom stereocenters. The molecule has 1 amide bonds. The van der Waals surface area contributed by atoms with E-state index in [1.807, 2.05) is 0 Å². The summed E-state index contributed by atoms with van der Waals surface area (Å²) in [5.41, 5.74) is 0.718. The summed E-state index contributed by atoms with van der Waals surface area (Å²) in [6.07, 6.45) is 0.